The summed E-state index contributed by atoms with van der Waals surface area (Å²) in [4.78, 5) is 9.37. The SMILES string of the molecule is Oc1ccccc1C1=N[C@H](CN=Cc2cccc(-c3ccccc3)c2O)CCC1. The zero-order chi connectivity index (χ0) is 20.1. The Hall–Kier alpha value is -3.40. The number of phenols is 2. The van der Waals surface area contributed by atoms with E-state index in [-0.39, 0.29) is 17.5 Å². The van der Waals surface area contributed by atoms with Gasteiger partial charge in [-0.2, -0.15) is 0 Å². The van der Waals surface area contributed by atoms with Gasteiger partial charge in [0.25, 0.3) is 0 Å². The number of aliphatic imine (C=N–C) groups is 2. The average Bonchev–Trinajstić information content (AvgIpc) is 2.76. The molecule has 0 spiro atoms. The van der Waals surface area contributed by atoms with Crippen LogP contribution in [0.1, 0.15) is 30.4 Å². The minimum atomic E-state index is 0.0917. The van der Waals surface area contributed by atoms with Crippen LogP contribution in [0.5, 0.6) is 11.5 Å². The third kappa shape index (κ3) is 4.37. The number of aromatic hydroxyl groups is 2. The van der Waals surface area contributed by atoms with Crippen molar-refractivity contribution in [1.82, 2.24) is 0 Å². The molecule has 1 atom stereocenters. The lowest BCUT2D eigenvalue weighted by molar-refractivity contribution is 0.473. The summed E-state index contributed by atoms with van der Waals surface area (Å²) in [6, 6.07) is 23.0. The highest BCUT2D eigenvalue weighted by atomic mass is 16.3. The zero-order valence-electron chi connectivity index (χ0n) is 16.2. The summed E-state index contributed by atoms with van der Waals surface area (Å²) in [5, 5.41) is 20.7. The monoisotopic (exact) mass is 384 g/mol. The van der Waals surface area contributed by atoms with Crippen molar-refractivity contribution in [3.63, 3.8) is 0 Å². The third-order valence-corrected chi connectivity index (χ3v) is 5.20. The molecular weight excluding hydrogens is 360 g/mol. The molecule has 0 unspecified atom stereocenters. The first-order chi connectivity index (χ1) is 14.2. The first-order valence-corrected chi connectivity index (χ1v) is 9.94. The van der Waals surface area contributed by atoms with Gasteiger partial charge in [-0.05, 0) is 43.0 Å². The van der Waals surface area contributed by atoms with Crippen molar-refractivity contribution in [1.29, 1.82) is 0 Å². The first-order valence-electron chi connectivity index (χ1n) is 9.94. The van der Waals surface area contributed by atoms with Gasteiger partial charge >= 0.3 is 0 Å². The van der Waals surface area contributed by atoms with Gasteiger partial charge in [-0.25, -0.2) is 0 Å². The van der Waals surface area contributed by atoms with Gasteiger partial charge in [0.1, 0.15) is 11.5 Å². The molecule has 0 fully saturated rings. The Labute approximate surface area is 170 Å². The lowest BCUT2D eigenvalue weighted by Crippen LogP contribution is -2.19. The first kappa shape index (κ1) is 18.9. The van der Waals surface area contributed by atoms with E-state index in [1.54, 1.807) is 12.3 Å². The summed E-state index contributed by atoms with van der Waals surface area (Å²) in [5.41, 5.74) is 4.24. The maximum atomic E-state index is 10.7. The van der Waals surface area contributed by atoms with Gasteiger partial charge in [-0.1, -0.05) is 54.6 Å². The Kier molecular flexibility index (Phi) is 5.71. The molecule has 0 bridgehead atoms. The van der Waals surface area contributed by atoms with Gasteiger partial charge in [0.05, 0.1) is 12.6 Å². The predicted molar refractivity (Wildman–Crippen MR) is 118 cm³/mol. The van der Waals surface area contributed by atoms with Crippen LogP contribution < -0.4 is 0 Å². The highest BCUT2D eigenvalue weighted by molar-refractivity contribution is 6.03. The topological polar surface area (TPSA) is 65.2 Å². The second kappa shape index (κ2) is 8.74. The van der Waals surface area contributed by atoms with Crippen molar-refractivity contribution >= 4 is 11.9 Å². The molecule has 0 aromatic heterocycles. The second-order valence-electron chi connectivity index (χ2n) is 7.24. The summed E-state index contributed by atoms with van der Waals surface area (Å²) in [6.45, 7) is 0.562. The normalized spacial score (nSPS) is 16.7. The molecule has 0 amide bonds. The maximum Gasteiger partial charge on any atom is 0.132 e. The van der Waals surface area contributed by atoms with Crippen molar-refractivity contribution in [2.75, 3.05) is 6.54 Å². The van der Waals surface area contributed by atoms with Gasteiger partial charge in [-0.15, -0.1) is 0 Å². The molecule has 3 aromatic carbocycles. The molecule has 29 heavy (non-hydrogen) atoms. The van der Waals surface area contributed by atoms with Gasteiger partial charge in [0.15, 0.2) is 0 Å². The lowest BCUT2D eigenvalue weighted by atomic mass is 9.97. The highest BCUT2D eigenvalue weighted by Crippen LogP contribution is 2.31. The minimum Gasteiger partial charge on any atom is -0.507 e. The maximum absolute atomic E-state index is 10.7. The van der Waals surface area contributed by atoms with Crippen molar-refractivity contribution in [3.05, 3.63) is 83.9 Å². The Bertz CT molecular complexity index is 1040. The van der Waals surface area contributed by atoms with Crippen molar-refractivity contribution in [3.8, 4) is 22.6 Å². The fourth-order valence-electron chi connectivity index (χ4n) is 3.70. The predicted octanol–water partition coefficient (Wildman–Crippen LogP) is 5.23. The van der Waals surface area contributed by atoms with E-state index >= 15 is 0 Å². The number of hydrogen-bond acceptors (Lipinski definition) is 4. The van der Waals surface area contributed by atoms with E-state index in [4.69, 9.17) is 4.99 Å². The number of benzene rings is 3. The number of hydrogen-bond donors (Lipinski definition) is 2. The van der Waals surface area contributed by atoms with Crippen LogP contribution in [0.3, 0.4) is 0 Å². The summed E-state index contributed by atoms with van der Waals surface area (Å²) in [7, 11) is 0. The molecule has 3 aromatic rings. The van der Waals surface area contributed by atoms with Gasteiger partial charge in [-0.3, -0.25) is 9.98 Å². The van der Waals surface area contributed by atoms with Gasteiger partial charge in [0, 0.05) is 28.6 Å². The molecule has 0 saturated carbocycles. The molecule has 2 N–H and O–H groups in total. The van der Waals surface area contributed by atoms with Crippen molar-refractivity contribution in [2.45, 2.75) is 25.3 Å². The standard InChI is InChI=1S/C25H24N2O2/c28-24-15-5-4-12-22(24)23-14-7-11-20(27-23)17-26-16-19-10-6-13-21(25(19)29)18-8-2-1-3-9-18/h1-6,8-10,12-13,15-16,20,28-29H,7,11,14,17H2/t20-/m0/s1. The molecular formula is C25H24N2O2. The molecule has 0 aliphatic carbocycles. The molecule has 1 aliphatic rings. The number of para-hydroxylation sites is 2. The minimum absolute atomic E-state index is 0.0917. The Morgan fingerprint density at radius 3 is 2.48 bits per heavy atom. The summed E-state index contributed by atoms with van der Waals surface area (Å²) in [6.07, 6.45) is 4.61. The summed E-state index contributed by atoms with van der Waals surface area (Å²) < 4.78 is 0. The van der Waals surface area contributed by atoms with Crippen LogP contribution in [0.25, 0.3) is 11.1 Å². The summed E-state index contributed by atoms with van der Waals surface area (Å²) >= 11 is 0. The van der Waals surface area contributed by atoms with E-state index in [9.17, 15) is 10.2 Å². The van der Waals surface area contributed by atoms with Crippen molar-refractivity contribution < 1.29 is 10.2 Å². The van der Waals surface area contributed by atoms with Gasteiger partial charge < -0.3 is 10.2 Å². The van der Waals surface area contributed by atoms with Crippen LogP contribution in [-0.4, -0.2) is 34.7 Å². The highest BCUT2D eigenvalue weighted by Gasteiger charge is 2.17. The fourth-order valence-corrected chi connectivity index (χ4v) is 3.70. The van der Waals surface area contributed by atoms with Gasteiger partial charge in [0.2, 0.25) is 0 Å². The molecule has 4 heteroatoms. The van der Waals surface area contributed by atoms with Crippen LogP contribution in [0.15, 0.2) is 82.8 Å². The third-order valence-electron chi connectivity index (χ3n) is 5.20. The molecule has 1 heterocycles. The number of rotatable bonds is 5. The van der Waals surface area contributed by atoms with Crippen LogP contribution in [0, 0.1) is 0 Å². The second-order valence-corrected chi connectivity index (χ2v) is 7.24. The Morgan fingerprint density at radius 2 is 1.66 bits per heavy atom. The molecule has 0 radical (unpaired) electrons. The van der Waals surface area contributed by atoms with E-state index in [2.05, 4.69) is 4.99 Å². The molecule has 0 saturated heterocycles. The van der Waals surface area contributed by atoms with Crippen LogP contribution in [0.4, 0.5) is 0 Å². The van der Waals surface area contributed by atoms with Crippen molar-refractivity contribution in [2.24, 2.45) is 9.98 Å². The van der Waals surface area contributed by atoms with Crippen LogP contribution in [-0.2, 0) is 0 Å². The quantitative estimate of drug-likeness (QED) is 0.592. The lowest BCUT2D eigenvalue weighted by Gasteiger charge is -2.19. The smallest absolute Gasteiger partial charge is 0.132 e. The van der Waals surface area contributed by atoms with E-state index in [0.29, 0.717) is 12.1 Å². The van der Waals surface area contributed by atoms with E-state index < -0.39 is 0 Å². The number of phenolic OH excluding ortho intramolecular Hbond substituents is 2. The largest absolute Gasteiger partial charge is 0.507 e. The van der Waals surface area contributed by atoms with E-state index in [1.807, 2.05) is 66.7 Å². The fraction of sp³-hybridized carbons (Fsp3) is 0.200. The molecule has 4 nitrogen and oxygen atoms in total. The molecule has 1 aliphatic heterocycles. The van der Waals surface area contributed by atoms with E-state index in [1.165, 1.54) is 0 Å². The van der Waals surface area contributed by atoms with Crippen LogP contribution >= 0.6 is 0 Å². The Balaban J connectivity index is 1.49. The summed E-state index contributed by atoms with van der Waals surface area (Å²) in [5.74, 6) is 0.516. The van der Waals surface area contributed by atoms with Crippen LogP contribution in [0.2, 0.25) is 0 Å². The molecule has 146 valence electrons. The number of nitrogens with zero attached hydrogens (tertiary/aromatic N) is 2. The Morgan fingerprint density at radius 1 is 0.897 bits per heavy atom. The average molecular weight is 384 g/mol. The van der Waals surface area contributed by atoms with E-state index in [0.717, 1.165) is 41.7 Å². The zero-order valence-corrected chi connectivity index (χ0v) is 16.2. The molecule has 4 rings (SSSR count).